The van der Waals surface area contributed by atoms with Crippen molar-refractivity contribution < 1.29 is 9.84 Å². The Kier molecular flexibility index (Phi) is 7.39. The number of rotatable bonds is 7. The van der Waals surface area contributed by atoms with Gasteiger partial charge in [0.05, 0.1) is 23.3 Å². The zero-order chi connectivity index (χ0) is 19.2. The number of methoxy groups -OCH3 is 1. The maximum Gasteiger partial charge on any atom is 0.118 e. The topological polar surface area (TPSA) is 35.9 Å². The highest BCUT2D eigenvalue weighted by Crippen LogP contribution is 2.24. The molecule has 3 rings (SSSR count). The predicted molar refractivity (Wildman–Crippen MR) is 110 cm³/mol. The second kappa shape index (κ2) is 9.76. The zero-order valence-corrected chi connectivity index (χ0v) is 17.0. The van der Waals surface area contributed by atoms with Gasteiger partial charge in [0.2, 0.25) is 0 Å². The van der Waals surface area contributed by atoms with Crippen molar-refractivity contribution in [1.82, 2.24) is 9.80 Å². The molecule has 0 saturated carbocycles. The SMILES string of the molecule is COc1ccc(CC(O)CN2C[CH]N(Cc3ccc(Cl)c(Cl)c3)CC2)cc1. The molecule has 2 aromatic rings. The summed E-state index contributed by atoms with van der Waals surface area (Å²) in [5.74, 6) is 0.834. The quantitative estimate of drug-likeness (QED) is 0.754. The van der Waals surface area contributed by atoms with Gasteiger partial charge in [-0.1, -0.05) is 41.4 Å². The molecular formula is C21H25Cl2N2O2. The zero-order valence-electron chi connectivity index (χ0n) is 15.4. The fraction of sp³-hybridized carbons (Fsp3) is 0.381. The number of β-amino-alcohol motifs (C(OH)–C–C–N with tert-alkyl or cyclic N) is 1. The lowest BCUT2D eigenvalue weighted by Gasteiger charge is -2.35. The number of aliphatic hydroxyl groups excluding tert-OH is 1. The minimum Gasteiger partial charge on any atom is -0.497 e. The highest BCUT2D eigenvalue weighted by Gasteiger charge is 2.20. The minimum absolute atomic E-state index is 0.381. The molecular weight excluding hydrogens is 383 g/mol. The molecule has 1 aliphatic rings. The number of nitrogens with zero attached hydrogens (tertiary/aromatic N) is 2. The molecule has 0 bridgehead atoms. The Labute approximate surface area is 171 Å². The number of hydrogen-bond acceptors (Lipinski definition) is 4. The standard InChI is InChI=1S/C21H25Cl2N2O2/c1-27-19-5-2-16(3-6-19)12-18(26)15-25-10-8-24(9-11-25)14-17-4-7-20(22)21(23)13-17/h2-8,13,18,26H,9-12,14-15H2,1H3. The fourth-order valence-electron chi connectivity index (χ4n) is 3.26. The van der Waals surface area contributed by atoms with Gasteiger partial charge in [0, 0.05) is 39.3 Å². The Hall–Kier alpha value is -1.30. The number of halogens is 2. The first-order valence-corrected chi connectivity index (χ1v) is 9.84. The third-order valence-corrected chi connectivity index (χ3v) is 5.51. The van der Waals surface area contributed by atoms with Crippen LogP contribution in [0.3, 0.4) is 0 Å². The highest BCUT2D eigenvalue weighted by molar-refractivity contribution is 6.42. The summed E-state index contributed by atoms with van der Waals surface area (Å²) >= 11 is 12.1. The summed E-state index contributed by atoms with van der Waals surface area (Å²) in [5.41, 5.74) is 2.26. The molecule has 1 heterocycles. The maximum absolute atomic E-state index is 10.4. The van der Waals surface area contributed by atoms with Crippen molar-refractivity contribution in [3.8, 4) is 5.75 Å². The normalized spacial score (nSPS) is 17.0. The smallest absolute Gasteiger partial charge is 0.118 e. The van der Waals surface area contributed by atoms with Gasteiger partial charge in [0.15, 0.2) is 0 Å². The van der Waals surface area contributed by atoms with Crippen LogP contribution < -0.4 is 4.74 Å². The summed E-state index contributed by atoms with van der Waals surface area (Å²) in [6.07, 6.45) is 0.265. The predicted octanol–water partition coefficient (Wildman–Crippen LogP) is 3.88. The van der Waals surface area contributed by atoms with E-state index >= 15 is 0 Å². The van der Waals surface area contributed by atoms with Gasteiger partial charge < -0.3 is 9.84 Å². The average molecular weight is 408 g/mol. The van der Waals surface area contributed by atoms with Gasteiger partial charge in [-0.05, 0) is 41.8 Å². The molecule has 27 heavy (non-hydrogen) atoms. The molecule has 4 nitrogen and oxygen atoms in total. The van der Waals surface area contributed by atoms with Gasteiger partial charge in [-0.15, -0.1) is 0 Å². The van der Waals surface area contributed by atoms with Crippen LogP contribution in [0.15, 0.2) is 42.5 Å². The molecule has 0 spiro atoms. The van der Waals surface area contributed by atoms with E-state index in [1.54, 1.807) is 7.11 Å². The van der Waals surface area contributed by atoms with Gasteiger partial charge in [-0.25, -0.2) is 0 Å². The van der Waals surface area contributed by atoms with Gasteiger partial charge in [0.25, 0.3) is 0 Å². The first-order chi connectivity index (χ1) is 13.0. The largest absolute Gasteiger partial charge is 0.497 e. The van der Waals surface area contributed by atoms with Crippen LogP contribution in [0.1, 0.15) is 11.1 Å². The van der Waals surface area contributed by atoms with E-state index in [1.807, 2.05) is 42.5 Å². The van der Waals surface area contributed by atoms with Crippen molar-refractivity contribution in [3.05, 3.63) is 70.2 Å². The second-order valence-electron chi connectivity index (χ2n) is 6.87. The lowest BCUT2D eigenvalue weighted by atomic mass is 10.1. The van der Waals surface area contributed by atoms with Crippen LogP contribution in [0.25, 0.3) is 0 Å². The second-order valence-corrected chi connectivity index (χ2v) is 7.68. The number of hydrogen-bond donors (Lipinski definition) is 1. The van der Waals surface area contributed by atoms with E-state index in [0.717, 1.165) is 43.1 Å². The lowest BCUT2D eigenvalue weighted by Crippen LogP contribution is -2.45. The molecule has 1 fully saturated rings. The van der Waals surface area contributed by atoms with Gasteiger partial charge in [-0.3, -0.25) is 9.80 Å². The monoisotopic (exact) mass is 407 g/mol. The first-order valence-electron chi connectivity index (χ1n) is 9.08. The van der Waals surface area contributed by atoms with Crippen LogP contribution in [0, 0.1) is 6.54 Å². The molecule has 1 N–H and O–H groups in total. The van der Waals surface area contributed by atoms with Crippen molar-refractivity contribution in [2.24, 2.45) is 0 Å². The highest BCUT2D eigenvalue weighted by atomic mass is 35.5. The molecule has 1 atom stereocenters. The summed E-state index contributed by atoms with van der Waals surface area (Å²) in [6, 6.07) is 13.6. The molecule has 0 amide bonds. The number of piperazine rings is 1. The van der Waals surface area contributed by atoms with E-state index in [4.69, 9.17) is 27.9 Å². The van der Waals surface area contributed by atoms with E-state index in [-0.39, 0.29) is 6.10 Å². The van der Waals surface area contributed by atoms with E-state index in [1.165, 1.54) is 0 Å². The van der Waals surface area contributed by atoms with Gasteiger partial charge in [0.1, 0.15) is 5.75 Å². The first kappa shape index (κ1) is 20.4. The van der Waals surface area contributed by atoms with Crippen LogP contribution in [0.2, 0.25) is 10.0 Å². The van der Waals surface area contributed by atoms with Crippen LogP contribution in [0.5, 0.6) is 5.75 Å². The third kappa shape index (κ3) is 6.09. The molecule has 1 radical (unpaired) electrons. The van der Waals surface area contributed by atoms with Crippen molar-refractivity contribution in [3.63, 3.8) is 0 Å². The summed E-state index contributed by atoms with van der Waals surface area (Å²) in [5, 5.41) is 11.6. The molecule has 1 aliphatic heterocycles. The Balaban J connectivity index is 1.42. The molecule has 145 valence electrons. The van der Waals surface area contributed by atoms with Crippen LogP contribution >= 0.6 is 23.2 Å². The minimum atomic E-state index is -0.381. The Morgan fingerprint density at radius 1 is 1.04 bits per heavy atom. The molecule has 1 unspecified atom stereocenters. The summed E-state index contributed by atoms with van der Waals surface area (Å²) in [7, 11) is 1.65. The van der Waals surface area contributed by atoms with E-state index < -0.39 is 0 Å². The molecule has 0 aliphatic carbocycles. The van der Waals surface area contributed by atoms with E-state index in [0.29, 0.717) is 23.0 Å². The number of ether oxygens (including phenoxy) is 1. The van der Waals surface area contributed by atoms with Crippen LogP contribution in [0.4, 0.5) is 0 Å². The number of aliphatic hydroxyl groups is 1. The molecule has 1 saturated heterocycles. The maximum atomic E-state index is 10.4. The molecule has 0 aromatic heterocycles. The Morgan fingerprint density at radius 3 is 2.41 bits per heavy atom. The van der Waals surface area contributed by atoms with Crippen LogP contribution in [-0.4, -0.2) is 54.3 Å². The van der Waals surface area contributed by atoms with Gasteiger partial charge in [-0.2, -0.15) is 0 Å². The molecule has 2 aromatic carbocycles. The van der Waals surface area contributed by atoms with Crippen molar-refractivity contribution in [2.75, 3.05) is 33.3 Å². The van der Waals surface area contributed by atoms with E-state index in [9.17, 15) is 5.11 Å². The summed E-state index contributed by atoms with van der Waals surface area (Å²) in [4.78, 5) is 4.56. The third-order valence-electron chi connectivity index (χ3n) is 4.77. The van der Waals surface area contributed by atoms with E-state index in [2.05, 4.69) is 16.3 Å². The van der Waals surface area contributed by atoms with Crippen LogP contribution in [-0.2, 0) is 13.0 Å². The average Bonchev–Trinajstić information content (AvgIpc) is 2.67. The lowest BCUT2D eigenvalue weighted by molar-refractivity contribution is 0.0874. The van der Waals surface area contributed by atoms with Crippen molar-refractivity contribution in [2.45, 2.75) is 19.1 Å². The van der Waals surface area contributed by atoms with Crippen molar-refractivity contribution in [1.29, 1.82) is 0 Å². The Bertz CT molecular complexity index is 731. The van der Waals surface area contributed by atoms with Gasteiger partial charge >= 0.3 is 0 Å². The summed E-state index contributed by atoms with van der Waals surface area (Å²) in [6.45, 7) is 6.36. The molecule has 6 heteroatoms. The number of benzene rings is 2. The summed E-state index contributed by atoms with van der Waals surface area (Å²) < 4.78 is 5.17. The Morgan fingerprint density at radius 2 is 1.78 bits per heavy atom. The van der Waals surface area contributed by atoms with Crippen molar-refractivity contribution >= 4 is 23.2 Å². The fourth-order valence-corrected chi connectivity index (χ4v) is 3.58.